The van der Waals surface area contributed by atoms with Crippen LogP contribution in [0.15, 0.2) is 55.1 Å². The molecule has 1 fully saturated rings. The molecule has 2 unspecified atom stereocenters. The molecule has 0 saturated carbocycles. The van der Waals surface area contributed by atoms with Gasteiger partial charge in [0.15, 0.2) is 5.82 Å². The number of amides is 1. The number of alkyl halides is 3. The number of hydrogen-bond acceptors (Lipinski definition) is 6. The zero-order valence-corrected chi connectivity index (χ0v) is 17.3. The number of likely N-dealkylation sites (tertiary alicyclic amines) is 1. The molecule has 32 heavy (non-hydrogen) atoms. The summed E-state index contributed by atoms with van der Waals surface area (Å²) in [5.74, 6) is 0.505. The van der Waals surface area contributed by atoms with Crippen LogP contribution in [-0.2, 0) is 6.18 Å². The maximum absolute atomic E-state index is 13.4. The first-order chi connectivity index (χ1) is 15.3. The third-order valence-electron chi connectivity index (χ3n) is 5.49. The van der Waals surface area contributed by atoms with Crippen molar-refractivity contribution in [2.24, 2.45) is 0 Å². The molecule has 1 aliphatic heterocycles. The highest BCUT2D eigenvalue weighted by Crippen LogP contribution is 2.30. The summed E-state index contributed by atoms with van der Waals surface area (Å²) in [4.78, 5) is 31.8. The number of carbonyl (C=O) groups is 1. The molecule has 0 aromatic carbocycles. The Kier molecular flexibility index (Phi) is 6.02. The highest BCUT2D eigenvalue weighted by molar-refractivity contribution is 5.98. The monoisotopic (exact) mass is 442 g/mol. The van der Waals surface area contributed by atoms with Crippen molar-refractivity contribution in [3.8, 4) is 11.4 Å². The first-order valence-electron chi connectivity index (χ1n) is 10.2. The number of hydrogen-bond donors (Lipinski definition) is 1. The van der Waals surface area contributed by atoms with Crippen LogP contribution in [0.1, 0.15) is 35.8 Å². The summed E-state index contributed by atoms with van der Waals surface area (Å²) in [6, 6.07) is 7.07. The van der Waals surface area contributed by atoms with E-state index in [2.05, 4.69) is 25.3 Å². The van der Waals surface area contributed by atoms with Crippen LogP contribution in [0.5, 0.6) is 0 Å². The highest BCUT2D eigenvalue weighted by Gasteiger charge is 2.34. The SMILES string of the molecule is CC1C(Nc2ccc(C(F)(F)F)cn2)CCCN1C(=O)c1ncccc1-c1ncccn1. The first-order valence-corrected chi connectivity index (χ1v) is 10.2. The van der Waals surface area contributed by atoms with E-state index < -0.39 is 11.7 Å². The molecule has 4 heterocycles. The van der Waals surface area contributed by atoms with E-state index in [9.17, 15) is 18.0 Å². The van der Waals surface area contributed by atoms with E-state index in [4.69, 9.17) is 0 Å². The van der Waals surface area contributed by atoms with Crippen molar-refractivity contribution in [3.63, 3.8) is 0 Å². The summed E-state index contributed by atoms with van der Waals surface area (Å²) < 4.78 is 38.3. The third kappa shape index (κ3) is 4.53. The number of halogens is 3. The predicted octanol–water partition coefficient (Wildman–Crippen LogP) is 4.06. The van der Waals surface area contributed by atoms with Crippen LogP contribution in [0.3, 0.4) is 0 Å². The molecule has 166 valence electrons. The molecule has 3 aromatic heterocycles. The predicted molar refractivity (Wildman–Crippen MR) is 112 cm³/mol. The number of rotatable bonds is 4. The van der Waals surface area contributed by atoms with Gasteiger partial charge in [0.25, 0.3) is 5.91 Å². The topological polar surface area (TPSA) is 83.9 Å². The average molecular weight is 442 g/mol. The molecule has 0 bridgehead atoms. The summed E-state index contributed by atoms with van der Waals surface area (Å²) in [5.41, 5.74) is 0.00556. The largest absolute Gasteiger partial charge is 0.417 e. The van der Waals surface area contributed by atoms with Gasteiger partial charge in [0, 0.05) is 43.4 Å². The van der Waals surface area contributed by atoms with Crippen molar-refractivity contribution in [3.05, 3.63) is 66.4 Å². The second-order valence-corrected chi connectivity index (χ2v) is 7.53. The number of pyridine rings is 2. The van der Waals surface area contributed by atoms with E-state index in [1.807, 2.05) is 6.92 Å². The Labute approximate surface area is 182 Å². The van der Waals surface area contributed by atoms with Crippen molar-refractivity contribution in [2.45, 2.75) is 38.0 Å². The summed E-state index contributed by atoms with van der Waals surface area (Å²) in [6.07, 6.45) is 2.61. The van der Waals surface area contributed by atoms with Crippen LogP contribution in [0.4, 0.5) is 19.0 Å². The van der Waals surface area contributed by atoms with Gasteiger partial charge in [-0.1, -0.05) is 0 Å². The van der Waals surface area contributed by atoms with Crippen LogP contribution >= 0.6 is 0 Å². The number of anilines is 1. The van der Waals surface area contributed by atoms with E-state index in [0.717, 1.165) is 25.1 Å². The van der Waals surface area contributed by atoms with Gasteiger partial charge in [-0.05, 0) is 50.1 Å². The van der Waals surface area contributed by atoms with Crippen molar-refractivity contribution in [1.82, 2.24) is 24.8 Å². The Hall–Kier alpha value is -3.56. The average Bonchev–Trinajstić information content (AvgIpc) is 2.80. The molecule has 0 aliphatic carbocycles. The summed E-state index contributed by atoms with van der Waals surface area (Å²) in [7, 11) is 0. The van der Waals surface area contributed by atoms with Crippen LogP contribution in [0, 0.1) is 0 Å². The Morgan fingerprint density at radius 3 is 2.50 bits per heavy atom. The van der Waals surface area contributed by atoms with Crippen LogP contribution in [0.2, 0.25) is 0 Å². The summed E-state index contributed by atoms with van der Waals surface area (Å²) in [5, 5.41) is 3.17. The molecule has 3 aromatic rings. The van der Waals surface area contributed by atoms with Gasteiger partial charge in [0.2, 0.25) is 0 Å². The number of nitrogens with zero attached hydrogens (tertiary/aromatic N) is 5. The fourth-order valence-electron chi connectivity index (χ4n) is 3.79. The maximum Gasteiger partial charge on any atom is 0.417 e. The molecule has 1 saturated heterocycles. The number of aromatic nitrogens is 4. The van der Waals surface area contributed by atoms with Gasteiger partial charge >= 0.3 is 6.18 Å². The fourth-order valence-corrected chi connectivity index (χ4v) is 3.79. The number of carbonyl (C=O) groups excluding carboxylic acids is 1. The highest BCUT2D eigenvalue weighted by atomic mass is 19.4. The van der Waals surface area contributed by atoms with Gasteiger partial charge in [-0.2, -0.15) is 13.2 Å². The first kappa shape index (κ1) is 21.7. The maximum atomic E-state index is 13.4. The lowest BCUT2D eigenvalue weighted by molar-refractivity contribution is -0.137. The third-order valence-corrected chi connectivity index (χ3v) is 5.49. The zero-order chi connectivity index (χ0) is 22.7. The van der Waals surface area contributed by atoms with Crippen LogP contribution < -0.4 is 5.32 Å². The van der Waals surface area contributed by atoms with Crippen molar-refractivity contribution >= 4 is 11.7 Å². The Morgan fingerprint density at radius 1 is 1.06 bits per heavy atom. The molecule has 0 spiro atoms. The molecule has 10 heteroatoms. The normalized spacial score (nSPS) is 18.9. The van der Waals surface area contributed by atoms with Crippen LogP contribution in [-0.4, -0.2) is 49.4 Å². The molecule has 4 rings (SSSR count). The lowest BCUT2D eigenvalue weighted by Crippen LogP contribution is -2.52. The minimum absolute atomic E-state index is 0.169. The Balaban J connectivity index is 1.53. The van der Waals surface area contributed by atoms with Gasteiger partial charge < -0.3 is 10.2 Å². The van der Waals surface area contributed by atoms with Crippen molar-refractivity contribution in [1.29, 1.82) is 0 Å². The smallest absolute Gasteiger partial charge is 0.365 e. The number of piperidine rings is 1. The molecular formula is C22H21F3N6O. The molecule has 2 atom stereocenters. The van der Waals surface area contributed by atoms with Gasteiger partial charge in [-0.15, -0.1) is 0 Å². The Bertz CT molecular complexity index is 1080. The lowest BCUT2D eigenvalue weighted by Gasteiger charge is -2.40. The van der Waals surface area contributed by atoms with Gasteiger partial charge in [0.05, 0.1) is 11.1 Å². The molecule has 1 N–H and O–H groups in total. The van der Waals surface area contributed by atoms with Gasteiger partial charge in [-0.3, -0.25) is 9.78 Å². The summed E-state index contributed by atoms with van der Waals surface area (Å²) in [6.45, 7) is 2.45. The molecule has 1 amide bonds. The van der Waals surface area contributed by atoms with Crippen molar-refractivity contribution in [2.75, 3.05) is 11.9 Å². The van der Waals surface area contributed by atoms with E-state index >= 15 is 0 Å². The fraction of sp³-hybridized carbons (Fsp3) is 0.318. The van der Waals surface area contributed by atoms with Crippen molar-refractivity contribution < 1.29 is 18.0 Å². The lowest BCUT2D eigenvalue weighted by atomic mass is 9.96. The summed E-state index contributed by atoms with van der Waals surface area (Å²) >= 11 is 0. The van der Waals surface area contributed by atoms with E-state index in [0.29, 0.717) is 23.8 Å². The second kappa shape index (κ2) is 8.89. The molecule has 1 aliphatic rings. The quantitative estimate of drug-likeness (QED) is 0.656. The zero-order valence-electron chi connectivity index (χ0n) is 17.3. The minimum Gasteiger partial charge on any atom is -0.365 e. The second-order valence-electron chi connectivity index (χ2n) is 7.53. The standard InChI is InChI=1S/C22H21F3N6O/c1-14-17(30-18-8-7-15(13-29-18)22(23,24)25)6-3-12-31(14)21(32)19-16(5-2-9-26-19)20-27-10-4-11-28-20/h2,4-5,7-11,13-14,17H,3,6,12H2,1H3,(H,29,30). The van der Waals surface area contributed by atoms with Gasteiger partial charge in [-0.25, -0.2) is 15.0 Å². The number of nitrogens with one attached hydrogen (secondary N) is 1. The molecule has 0 radical (unpaired) electrons. The van der Waals surface area contributed by atoms with E-state index in [-0.39, 0.29) is 23.7 Å². The Morgan fingerprint density at radius 2 is 1.81 bits per heavy atom. The van der Waals surface area contributed by atoms with Gasteiger partial charge in [0.1, 0.15) is 11.5 Å². The molecule has 7 nitrogen and oxygen atoms in total. The van der Waals surface area contributed by atoms with Crippen LogP contribution in [0.25, 0.3) is 11.4 Å². The van der Waals surface area contributed by atoms with E-state index in [1.165, 1.54) is 6.07 Å². The minimum atomic E-state index is -4.43. The molecular weight excluding hydrogens is 421 g/mol. The van der Waals surface area contributed by atoms with E-state index in [1.54, 1.807) is 41.7 Å².